The molecule has 0 atom stereocenters. The van der Waals surface area contributed by atoms with E-state index in [1.807, 2.05) is 0 Å². The van der Waals surface area contributed by atoms with Gasteiger partial charge in [0.25, 0.3) is 0 Å². The molecule has 0 unspecified atom stereocenters. The normalized spacial score (nSPS) is 15.5. The van der Waals surface area contributed by atoms with Crippen LogP contribution in [0.15, 0.2) is 18.2 Å². The van der Waals surface area contributed by atoms with E-state index >= 15 is 0 Å². The van der Waals surface area contributed by atoms with Gasteiger partial charge in [0.1, 0.15) is 5.82 Å². The van der Waals surface area contributed by atoms with Crippen molar-refractivity contribution in [2.75, 3.05) is 25.5 Å². The van der Waals surface area contributed by atoms with Gasteiger partial charge >= 0.3 is 12.0 Å². The van der Waals surface area contributed by atoms with Crippen LogP contribution in [0.2, 0.25) is 0 Å². The van der Waals surface area contributed by atoms with Crippen molar-refractivity contribution in [1.29, 1.82) is 0 Å². The average molecular weight is 295 g/mol. The SMILES string of the molecule is CN(C(=O)Nc1ccc(F)c(C(=O)O)c1)C1CCNCC1. The van der Waals surface area contributed by atoms with Crippen LogP contribution in [0.25, 0.3) is 0 Å². The second-order valence-corrected chi connectivity index (χ2v) is 5.02. The molecular formula is C14H18FN3O3. The summed E-state index contributed by atoms with van der Waals surface area (Å²) in [6, 6.07) is 3.31. The van der Waals surface area contributed by atoms with Gasteiger partial charge in [0.2, 0.25) is 0 Å². The third kappa shape index (κ3) is 3.69. The van der Waals surface area contributed by atoms with Crippen molar-refractivity contribution in [3.05, 3.63) is 29.6 Å². The molecule has 1 saturated heterocycles. The summed E-state index contributed by atoms with van der Waals surface area (Å²) in [7, 11) is 1.70. The molecule has 1 aliphatic heterocycles. The Morgan fingerprint density at radius 3 is 2.67 bits per heavy atom. The second kappa shape index (κ2) is 6.53. The van der Waals surface area contributed by atoms with Gasteiger partial charge in [-0.15, -0.1) is 0 Å². The van der Waals surface area contributed by atoms with Gasteiger partial charge in [-0.05, 0) is 44.1 Å². The largest absolute Gasteiger partial charge is 0.478 e. The van der Waals surface area contributed by atoms with Crippen molar-refractivity contribution >= 4 is 17.7 Å². The Kier molecular flexibility index (Phi) is 4.74. The van der Waals surface area contributed by atoms with E-state index in [0.717, 1.165) is 38.1 Å². The van der Waals surface area contributed by atoms with Crippen LogP contribution in [-0.2, 0) is 0 Å². The Morgan fingerprint density at radius 1 is 1.38 bits per heavy atom. The molecule has 0 spiro atoms. The molecule has 1 aromatic rings. The molecule has 114 valence electrons. The molecule has 1 fully saturated rings. The predicted octanol–water partition coefficient (Wildman–Crippen LogP) is 1.74. The van der Waals surface area contributed by atoms with Gasteiger partial charge in [-0.1, -0.05) is 0 Å². The number of nitrogens with one attached hydrogen (secondary N) is 2. The first-order valence-electron chi connectivity index (χ1n) is 6.76. The van der Waals surface area contributed by atoms with Crippen molar-refractivity contribution in [3.63, 3.8) is 0 Å². The number of carboxylic acids is 1. The molecule has 0 radical (unpaired) electrons. The molecule has 7 heteroatoms. The lowest BCUT2D eigenvalue weighted by molar-refractivity contribution is 0.0692. The van der Waals surface area contributed by atoms with E-state index in [1.165, 1.54) is 6.07 Å². The number of carboxylic acid groups (broad SMARTS) is 1. The Balaban J connectivity index is 2.05. The molecule has 0 aliphatic carbocycles. The van der Waals surface area contributed by atoms with Gasteiger partial charge in [-0.25, -0.2) is 14.0 Å². The Bertz CT molecular complexity index is 544. The number of halogens is 1. The van der Waals surface area contributed by atoms with Crippen molar-refractivity contribution in [1.82, 2.24) is 10.2 Å². The smallest absolute Gasteiger partial charge is 0.338 e. The van der Waals surface area contributed by atoms with Crippen LogP contribution in [0.3, 0.4) is 0 Å². The van der Waals surface area contributed by atoms with Gasteiger partial charge in [0.05, 0.1) is 5.56 Å². The number of carbonyl (C=O) groups is 2. The zero-order valence-electron chi connectivity index (χ0n) is 11.7. The van der Waals surface area contributed by atoms with Crippen LogP contribution in [0.1, 0.15) is 23.2 Å². The highest BCUT2D eigenvalue weighted by molar-refractivity contribution is 5.93. The van der Waals surface area contributed by atoms with Crippen molar-refractivity contribution < 1.29 is 19.1 Å². The number of anilines is 1. The van der Waals surface area contributed by atoms with Crippen molar-refractivity contribution in [2.24, 2.45) is 0 Å². The summed E-state index contributed by atoms with van der Waals surface area (Å²) in [5.41, 5.74) is -0.197. The number of hydrogen-bond donors (Lipinski definition) is 3. The van der Waals surface area contributed by atoms with Gasteiger partial charge in [-0.2, -0.15) is 0 Å². The highest BCUT2D eigenvalue weighted by Crippen LogP contribution is 2.17. The fourth-order valence-electron chi connectivity index (χ4n) is 2.34. The average Bonchev–Trinajstić information content (AvgIpc) is 2.49. The summed E-state index contributed by atoms with van der Waals surface area (Å²) in [4.78, 5) is 24.6. The molecule has 0 saturated carbocycles. The lowest BCUT2D eigenvalue weighted by Crippen LogP contribution is -2.45. The van der Waals surface area contributed by atoms with Gasteiger partial charge in [0.15, 0.2) is 0 Å². The maximum Gasteiger partial charge on any atom is 0.338 e. The van der Waals surface area contributed by atoms with E-state index in [0.29, 0.717) is 0 Å². The third-order valence-electron chi connectivity index (χ3n) is 3.62. The molecule has 21 heavy (non-hydrogen) atoms. The minimum atomic E-state index is -1.37. The lowest BCUT2D eigenvalue weighted by Gasteiger charge is -2.31. The van der Waals surface area contributed by atoms with E-state index in [1.54, 1.807) is 11.9 Å². The van der Waals surface area contributed by atoms with Gasteiger partial charge in [0, 0.05) is 18.8 Å². The summed E-state index contributed by atoms with van der Waals surface area (Å²) in [5.74, 6) is -2.19. The van der Waals surface area contributed by atoms with Crippen molar-refractivity contribution in [2.45, 2.75) is 18.9 Å². The first-order valence-corrected chi connectivity index (χ1v) is 6.76. The standard InChI is InChI=1S/C14H18FN3O3/c1-18(10-4-6-16-7-5-10)14(21)17-9-2-3-12(15)11(8-9)13(19)20/h2-3,8,10,16H,4-7H2,1H3,(H,17,21)(H,19,20). The minimum Gasteiger partial charge on any atom is -0.478 e. The number of amides is 2. The summed E-state index contributed by atoms with van der Waals surface area (Å²) in [6.45, 7) is 1.73. The maximum atomic E-state index is 13.3. The minimum absolute atomic E-state index is 0.144. The van der Waals surface area contributed by atoms with Crippen LogP contribution < -0.4 is 10.6 Å². The second-order valence-electron chi connectivity index (χ2n) is 5.02. The zero-order valence-corrected chi connectivity index (χ0v) is 11.7. The van der Waals surface area contributed by atoms with Crippen molar-refractivity contribution in [3.8, 4) is 0 Å². The van der Waals surface area contributed by atoms with E-state index in [9.17, 15) is 14.0 Å². The number of carbonyl (C=O) groups excluding carboxylic acids is 1. The van der Waals surface area contributed by atoms with Crippen LogP contribution in [-0.4, -0.2) is 48.2 Å². The highest BCUT2D eigenvalue weighted by atomic mass is 19.1. The Morgan fingerprint density at radius 2 is 2.05 bits per heavy atom. The molecule has 1 heterocycles. The zero-order chi connectivity index (χ0) is 15.4. The van der Waals surface area contributed by atoms with Crippen LogP contribution >= 0.6 is 0 Å². The number of benzene rings is 1. The summed E-state index contributed by atoms with van der Waals surface area (Å²) in [5, 5.41) is 14.7. The van der Waals surface area contributed by atoms with E-state index in [2.05, 4.69) is 10.6 Å². The van der Waals surface area contributed by atoms with Crippen LogP contribution in [0, 0.1) is 5.82 Å². The Hall–Kier alpha value is -2.15. The van der Waals surface area contributed by atoms with Gasteiger partial charge in [-0.3, -0.25) is 0 Å². The maximum absolute atomic E-state index is 13.3. The molecule has 2 rings (SSSR count). The molecule has 6 nitrogen and oxygen atoms in total. The third-order valence-corrected chi connectivity index (χ3v) is 3.62. The first-order chi connectivity index (χ1) is 9.99. The number of nitrogens with zero attached hydrogens (tertiary/aromatic N) is 1. The summed E-state index contributed by atoms with van der Waals surface area (Å²) < 4.78 is 13.3. The fraction of sp³-hybridized carbons (Fsp3) is 0.429. The number of piperidine rings is 1. The Labute approximate surface area is 121 Å². The molecule has 1 aromatic carbocycles. The highest BCUT2D eigenvalue weighted by Gasteiger charge is 2.22. The summed E-state index contributed by atoms with van der Waals surface area (Å²) in [6.07, 6.45) is 1.74. The molecule has 0 aromatic heterocycles. The van der Waals surface area contributed by atoms with Crippen LogP contribution in [0.4, 0.5) is 14.9 Å². The monoisotopic (exact) mass is 295 g/mol. The number of urea groups is 1. The fourth-order valence-corrected chi connectivity index (χ4v) is 2.34. The lowest BCUT2D eigenvalue weighted by atomic mass is 10.1. The van der Waals surface area contributed by atoms with Gasteiger partial charge < -0.3 is 20.6 Å². The first kappa shape index (κ1) is 15.2. The van der Waals surface area contributed by atoms with E-state index < -0.39 is 17.3 Å². The van der Waals surface area contributed by atoms with E-state index in [4.69, 9.17) is 5.11 Å². The molecule has 0 bridgehead atoms. The molecule has 1 aliphatic rings. The molecule has 3 N–H and O–H groups in total. The number of rotatable bonds is 3. The summed E-state index contributed by atoms with van der Waals surface area (Å²) >= 11 is 0. The topological polar surface area (TPSA) is 81.7 Å². The molecular weight excluding hydrogens is 277 g/mol. The predicted molar refractivity (Wildman–Crippen MR) is 76.0 cm³/mol. The quantitative estimate of drug-likeness (QED) is 0.793. The van der Waals surface area contributed by atoms with E-state index in [-0.39, 0.29) is 17.8 Å². The number of hydrogen-bond acceptors (Lipinski definition) is 3. The van der Waals surface area contributed by atoms with Crippen LogP contribution in [0.5, 0.6) is 0 Å². The number of aromatic carboxylic acids is 1. The molecule has 2 amide bonds.